The van der Waals surface area contributed by atoms with E-state index in [1.54, 1.807) is 0 Å². The van der Waals surface area contributed by atoms with Crippen molar-refractivity contribution in [2.45, 2.75) is 45.9 Å². The Morgan fingerprint density at radius 2 is 1.87 bits per heavy atom. The second kappa shape index (κ2) is 7.53. The van der Waals surface area contributed by atoms with Gasteiger partial charge in [0.15, 0.2) is 0 Å². The van der Waals surface area contributed by atoms with Crippen LogP contribution in [0, 0.1) is 0 Å². The van der Waals surface area contributed by atoms with Crippen LogP contribution in [0.2, 0.25) is 0 Å². The summed E-state index contributed by atoms with van der Waals surface area (Å²) in [5, 5.41) is 0. The van der Waals surface area contributed by atoms with Gasteiger partial charge < -0.3 is 9.64 Å². The number of rotatable bonds is 2. The number of carbonyl (C=O) groups excluding carboxylic acids is 1. The maximum absolute atomic E-state index is 12.3. The number of hydrogen-bond donors (Lipinski definition) is 0. The summed E-state index contributed by atoms with van der Waals surface area (Å²) in [6.07, 6.45) is -0.216. The molecule has 0 unspecified atom stereocenters. The molecule has 1 aliphatic rings. The van der Waals surface area contributed by atoms with Gasteiger partial charge in [-0.25, -0.2) is 4.79 Å². The first-order chi connectivity index (χ1) is 10.7. The average Bonchev–Trinajstić information content (AvgIpc) is 2.41. The van der Waals surface area contributed by atoms with Crippen LogP contribution in [0.15, 0.2) is 27.1 Å². The minimum atomic E-state index is -0.451. The van der Waals surface area contributed by atoms with Gasteiger partial charge in [-0.05, 0) is 45.4 Å². The van der Waals surface area contributed by atoms with Gasteiger partial charge in [0.25, 0.3) is 0 Å². The molecule has 6 heteroatoms. The van der Waals surface area contributed by atoms with E-state index >= 15 is 0 Å². The van der Waals surface area contributed by atoms with Gasteiger partial charge in [0.05, 0.1) is 0 Å². The van der Waals surface area contributed by atoms with Crippen LogP contribution in [-0.2, 0) is 11.3 Å². The Balaban J connectivity index is 1.97. The zero-order chi connectivity index (χ0) is 17.2. The van der Waals surface area contributed by atoms with Gasteiger partial charge in [-0.1, -0.05) is 37.9 Å². The first kappa shape index (κ1) is 18.7. The second-order valence-electron chi connectivity index (χ2n) is 6.96. The molecule has 0 radical (unpaired) electrons. The third-order valence-electron chi connectivity index (χ3n) is 3.78. The summed E-state index contributed by atoms with van der Waals surface area (Å²) >= 11 is 7.23. The Bertz CT molecular complexity index is 552. The highest BCUT2D eigenvalue weighted by Crippen LogP contribution is 2.27. The molecule has 128 valence electrons. The van der Waals surface area contributed by atoms with Gasteiger partial charge >= 0.3 is 6.09 Å². The lowest BCUT2D eigenvalue weighted by molar-refractivity contribution is 0.000518. The molecule has 0 aromatic heterocycles. The fourth-order valence-electron chi connectivity index (χ4n) is 2.68. The van der Waals surface area contributed by atoms with Gasteiger partial charge in [0, 0.05) is 41.2 Å². The highest BCUT2D eigenvalue weighted by Gasteiger charge is 2.31. The van der Waals surface area contributed by atoms with Crippen LogP contribution < -0.4 is 0 Å². The first-order valence-electron chi connectivity index (χ1n) is 7.82. The third kappa shape index (κ3) is 5.19. The van der Waals surface area contributed by atoms with Crippen molar-refractivity contribution in [3.05, 3.63) is 32.7 Å². The molecular formula is C17H24Br2N2O2. The summed E-state index contributed by atoms with van der Waals surface area (Å²) in [6.45, 7) is 11.0. The van der Waals surface area contributed by atoms with Gasteiger partial charge in [-0.2, -0.15) is 0 Å². The number of amides is 1. The smallest absolute Gasteiger partial charge is 0.410 e. The fourth-order valence-corrected chi connectivity index (χ4v) is 3.92. The molecular weight excluding hydrogens is 424 g/mol. The Hall–Kier alpha value is -0.590. The highest BCUT2D eigenvalue weighted by molar-refractivity contribution is 9.11. The first-order valence-corrected chi connectivity index (χ1v) is 9.41. The Labute approximate surface area is 155 Å². The number of carbonyl (C=O) groups is 1. The molecule has 4 nitrogen and oxygen atoms in total. The Kier molecular flexibility index (Phi) is 6.14. The van der Waals surface area contributed by atoms with Crippen molar-refractivity contribution in [1.29, 1.82) is 0 Å². The molecule has 0 N–H and O–H groups in total. The van der Waals surface area contributed by atoms with E-state index in [4.69, 9.17) is 4.74 Å². The largest absolute Gasteiger partial charge is 0.444 e. The molecule has 0 bridgehead atoms. The van der Waals surface area contributed by atoms with E-state index < -0.39 is 5.60 Å². The van der Waals surface area contributed by atoms with Crippen molar-refractivity contribution in [3.8, 4) is 0 Å². The van der Waals surface area contributed by atoms with E-state index in [1.165, 1.54) is 5.56 Å². The zero-order valence-corrected chi connectivity index (χ0v) is 17.3. The molecule has 1 aromatic rings. The monoisotopic (exact) mass is 446 g/mol. The summed E-state index contributed by atoms with van der Waals surface area (Å²) in [5.41, 5.74) is 0.790. The van der Waals surface area contributed by atoms with Crippen molar-refractivity contribution in [2.75, 3.05) is 19.6 Å². The number of ether oxygens (including phenoxy) is 1. The SMILES string of the molecule is C[C@@H]1CN(Cc2c(Br)cccc2Br)CCN1C(=O)OC(C)(C)C. The van der Waals surface area contributed by atoms with Crippen LogP contribution in [0.1, 0.15) is 33.3 Å². The number of benzene rings is 1. The van der Waals surface area contributed by atoms with E-state index in [9.17, 15) is 4.79 Å². The van der Waals surface area contributed by atoms with Crippen molar-refractivity contribution in [2.24, 2.45) is 0 Å². The van der Waals surface area contributed by atoms with Crippen LogP contribution >= 0.6 is 31.9 Å². The number of piperazine rings is 1. The highest BCUT2D eigenvalue weighted by atomic mass is 79.9. The van der Waals surface area contributed by atoms with E-state index in [1.807, 2.05) is 31.7 Å². The minimum absolute atomic E-state index is 0.139. The van der Waals surface area contributed by atoms with Crippen molar-refractivity contribution >= 4 is 38.0 Å². The predicted octanol–water partition coefficient (Wildman–Crippen LogP) is 4.65. The van der Waals surface area contributed by atoms with Gasteiger partial charge in [-0.3, -0.25) is 4.90 Å². The van der Waals surface area contributed by atoms with Crippen LogP contribution in [-0.4, -0.2) is 47.2 Å². The molecule has 1 aliphatic heterocycles. The molecule has 1 aromatic carbocycles. The van der Waals surface area contributed by atoms with Gasteiger partial charge in [0.2, 0.25) is 0 Å². The molecule has 1 fully saturated rings. The zero-order valence-electron chi connectivity index (χ0n) is 14.1. The van der Waals surface area contributed by atoms with Crippen LogP contribution in [0.4, 0.5) is 4.79 Å². The predicted molar refractivity (Wildman–Crippen MR) is 99.5 cm³/mol. The molecule has 0 saturated carbocycles. The number of halogens is 2. The Morgan fingerprint density at radius 3 is 2.39 bits per heavy atom. The number of hydrogen-bond acceptors (Lipinski definition) is 3. The average molecular weight is 448 g/mol. The van der Waals surface area contributed by atoms with Gasteiger partial charge in [0.1, 0.15) is 5.60 Å². The van der Waals surface area contributed by atoms with Crippen molar-refractivity contribution in [3.63, 3.8) is 0 Å². The van der Waals surface area contributed by atoms with Crippen molar-refractivity contribution < 1.29 is 9.53 Å². The van der Waals surface area contributed by atoms with Crippen LogP contribution in [0.3, 0.4) is 0 Å². The molecule has 1 atom stereocenters. The quantitative estimate of drug-likeness (QED) is 0.661. The van der Waals surface area contributed by atoms with Crippen LogP contribution in [0.25, 0.3) is 0 Å². The maximum atomic E-state index is 12.3. The van der Waals surface area contributed by atoms with Gasteiger partial charge in [-0.15, -0.1) is 0 Å². The third-order valence-corrected chi connectivity index (χ3v) is 5.27. The second-order valence-corrected chi connectivity index (χ2v) is 8.67. The molecule has 0 aliphatic carbocycles. The molecule has 0 spiro atoms. The van der Waals surface area contributed by atoms with E-state index in [0.717, 1.165) is 28.6 Å². The summed E-state index contributed by atoms with van der Waals surface area (Å²) < 4.78 is 7.70. The fraction of sp³-hybridized carbons (Fsp3) is 0.588. The van der Waals surface area contributed by atoms with Crippen LogP contribution in [0.5, 0.6) is 0 Å². The topological polar surface area (TPSA) is 32.8 Å². The lowest BCUT2D eigenvalue weighted by Gasteiger charge is -2.40. The lowest BCUT2D eigenvalue weighted by atomic mass is 10.1. The molecule has 1 heterocycles. The molecule has 1 saturated heterocycles. The molecule has 2 rings (SSSR count). The maximum Gasteiger partial charge on any atom is 0.410 e. The molecule has 1 amide bonds. The van der Waals surface area contributed by atoms with E-state index in [2.05, 4.69) is 55.8 Å². The van der Waals surface area contributed by atoms with E-state index in [0.29, 0.717) is 6.54 Å². The van der Waals surface area contributed by atoms with E-state index in [-0.39, 0.29) is 12.1 Å². The summed E-state index contributed by atoms with van der Waals surface area (Å²) in [7, 11) is 0. The summed E-state index contributed by atoms with van der Waals surface area (Å²) in [5.74, 6) is 0. The molecule has 23 heavy (non-hydrogen) atoms. The Morgan fingerprint density at radius 1 is 1.26 bits per heavy atom. The van der Waals surface area contributed by atoms with Crippen molar-refractivity contribution in [1.82, 2.24) is 9.80 Å². The lowest BCUT2D eigenvalue weighted by Crippen LogP contribution is -2.54. The normalized spacial score (nSPS) is 19.7. The summed E-state index contributed by atoms with van der Waals surface area (Å²) in [6, 6.07) is 6.27. The number of nitrogens with zero attached hydrogens (tertiary/aromatic N) is 2. The standard InChI is InChI=1S/C17H24Br2N2O2/c1-12-10-20(11-13-14(18)6-5-7-15(13)19)8-9-21(12)16(22)23-17(2,3)4/h5-7,12H,8-11H2,1-4H3/t12-/m1/s1. The summed E-state index contributed by atoms with van der Waals surface area (Å²) in [4.78, 5) is 16.5. The minimum Gasteiger partial charge on any atom is -0.444 e.